The molecule has 0 amide bonds. The molecule has 0 bridgehead atoms. The molecule has 2 aliphatic heterocycles. The maximum Gasteiger partial charge on any atom is 0.230 e. The van der Waals surface area contributed by atoms with E-state index in [1.165, 1.54) is 60.9 Å². The summed E-state index contributed by atoms with van der Waals surface area (Å²) in [5.41, 5.74) is 19.3. The van der Waals surface area contributed by atoms with Crippen LogP contribution in [0.15, 0.2) is 315 Å². The van der Waals surface area contributed by atoms with Crippen LogP contribution in [0.4, 0.5) is 22.7 Å². The molecule has 94 heavy (non-hydrogen) atoms. The fraction of sp³-hybridized carbons (Fsp3) is 0.143. The van der Waals surface area contributed by atoms with E-state index in [4.69, 9.17) is 33.0 Å². The topological polar surface area (TPSA) is 54.0 Å². The minimum atomic E-state index is -1.22. The monoisotopic (exact) mass is 1330 g/mol. The van der Waals surface area contributed by atoms with Gasteiger partial charge < -0.3 is 19.3 Å². The van der Waals surface area contributed by atoms with Gasteiger partial charge in [0.2, 0.25) is 17.2 Å². The van der Waals surface area contributed by atoms with Gasteiger partial charge in [0.25, 0.3) is 0 Å². The summed E-state index contributed by atoms with van der Waals surface area (Å²) < 4.78 is 20.9. The summed E-state index contributed by atoms with van der Waals surface area (Å²) >= 11 is 11.0. The molecule has 0 spiro atoms. The van der Waals surface area contributed by atoms with Crippen LogP contribution in [0.2, 0.25) is 0 Å². The van der Waals surface area contributed by atoms with Crippen molar-refractivity contribution in [1.29, 1.82) is 1.43 Å². The Balaban J connectivity index is 0.000000157. The summed E-state index contributed by atoms with van der Waals surface area (Å²) in [6.07, 6.45) is 0. The van der Waals surface area contributed by atoms with Crippen molar-refractivity contribution >= 4 is 79.8 Å². The number of benzene rings is 12. The van der Waals surface area contributed by atoms with Gasteiger partial charge >= 0.3 is 0 Å². The van der Waals surface area contributed by atoms with Crippen molar-refractivity contribution in [2.24, 2.45) is 0 Å². The molecule has 12 aromatic rings. The Bertz CT molecular complexity index is 4240. The molecule has 12 aromatic carbocycles. The molecule has 0 fully saturated rings. The van der Waals surface area contributed by atoms with Gasteiger partial charge in [0.1, 0.15) is 19.7 Å². The average molecular weight is 1330 g/mol. The van der Waals surface area contributed by atoms with E-state index in [0.717, 1.165) is 50.7 Å². The Kier molecular flexibility index (Phi) is 20.9. The lowest BCUT2D eigenvalue weighted by molar-refractivity contribution is 0.620. The SMILES string of the molecule is CC(C)(c1ccccc1)c1ccc(N(c2ccc(C(C)(C)c3ccccc3)cc2)P2Oc3ccccc3-c3ccccc32)cc1.CC(C)(c1ccccc1)c1ccc(Nc2ccc(C(C)(C)c3ccccc3)cc2)cc1.ClP1Oc2ccccc2-c2ccccc21.[2H]OPCl. The zero-order chi connectivity index (χ0) is 66.6. The molecule has 472 valence electrons. The van der Waals surface area contributed by atoms with Gasteiger partial charge in [0, 0.05) is 66.1 Å². The largest absolute Gasteiger partial charge is 0.453 e. The number of hydrogen-bond acceptors (Lipinski definition) is 5. The van der Waals surface area contributed by atoms with E-state index in [0.29, 0.717) is 0 Å². The summed E-state index contributed by atoms with van der Waals surface area (Å²) in [6.45, 7) is 18.3. The number of anilines is 4. The van der Waals surface area contributed by atoms with Crippen LogP contribution in [-0.4, -0.2) is 6.33 Å². The Hall–Kier alpha value is -8.33. The standard InChI is InChI=1S/C42H38NOP.C30H31N.C12H8ClOP.ClH2OP/c1-41(2,31-15-7-5-8-16-31)33-23-27-35(28-24-33)43(36-29-25-34(26-30-36)42(3,4)32-17-9-6-10-18-32)45-40-22-14-12-20-38(40)37-19-11-13-21-39(37)44-45;1-29(2,23-11-7-5-8-12-23)25-15-19-27(20-16-25)31-28-21-17-26(18-22-28)30(3,4)24-13-9-6-10-14-24;13-15-12-8-4-2-6-10(12)9-5-1-3-7-11(9)14-15;1-3-2/h5-30H,1-4H3;5-22,31H,1-4H3;1-8H;2-3H/i;;;2D. The first-order chi connectivity index (χ1) is 46.0. The van der Waals surface area contributed by atoms with E-state index in [1.54, 1.807) is 0 Å². The average Bonchev–Trinajstić information content (AvgIpc) is 0.759. The predicted octanol–water partition coefficient (Wildman–Crippen LogP) is 23.9. The maximum absolute atomic E-state index is 6.95. The predicted molar refractivity (Wildman–Crippen MR) is 406 cm³/mol. The molecule has 10 heteroatoms. The van der Waals surface area contributed by atoms with Crippen molar-refractivity contribution in [1.82, 2.24) is 0 Å². The first-order valence-electron chi connectivity index (χ1n) is 32.1. The zero-order valence-corrected chi connectivity index (χ0v) is 58.6. The molecule has 0 saturated heterocycles. The van der Waals surface area contributed by atoms with Crippen molar-refractivity contribution in [3.63, 3.8) is 0 Å². The number of nitrogens with zero attached hydrogens (tertiary/aromatic N) is 1. The highest BCUT2D eigenvalue weighted by atomic mass is 35.7. The molecule has 14 rings (SSSR count). The van der Waals surface area contributed by atoms with Gasteiger partial charge in [0.05, 0.1) is 0 Å². The summed E-state index contributed by atoms with van der Waals surface area (Å²) in [4.78, 5) is 3.58. The molecule has 0 aliphatic carbocycles. The summed E-state index contributed by atoms with van der Waals surface area (Å²) in [6, 6.07) is 112. The lowest BCUT2D eigenvalue weighted by Gasteiger charge is -2.37. The van der Waals surface area contributed by atoms with Crippen LogP contribution in [0.25, 0.3) is 22.3 Å². The molecular formula is C84H79Cl2N2O3P3. The Labute approximate surface area is 572 Å². The van der Waals surface area contributed by atoms with Crippen molar-refractivity contribution in [3.8, 4) is 33.8 Å². The number of halogens is 2. The van der Waals surface area contributed by atoms with Crippen LogP contribution < -0.4 is 29.6 Å². The number of hydrogen-bond donors (Lipinski definition) is 2. The molecule has 2 aliphatic rings. The van der Waals surface area contributed by atoms with Crippen LogP contribution in [-0.2, 0) is 21.7 Å². The van der Waals surface area contributed by atoms with Crippen LogP contribution in [0.5, 0.6) is 11.5 Å². The normalized spacial score (nSPS) is 14.0. The van der Waals surface area contributed by atoms with Crippen molar-refractivity contribution in [3.05, 3.63) is 360 Å². The number of para-hydroxylation sites is 2. The van der Waals surface area contributed by atoms with Gasteiger partial charge in [-0.1, -0.05) is 309 Å². The first kappa shape index (κ1) is 65.7. The molecule has 5 nitrogen and oxygen atoms in total. The maximum atomic E-state index is 6.95. The van der Waals surface area contributed by atoms with E-state index < -0.39 is 15.8 Å². The van der Waals surface area contributed by atoms with Crippen LogP contribution in [0.3, 0.4) is 0 Å². The second kappa shape index (κ2) is 30.0. The van der Waals surface area contributed by atoms with E-state index in [-0.39, 0.29) is 29.8 Å². The van der Waals surface area contributed by atoms with Crippen molar-refractivity contribution in [2.45, 2.75) is 77.0 Å². The minimum absolute atomic E-state index is 0.0234. The van der Waals surface area contributed by atoms with Crippen LogP contribution in [0.1, 0.15) is 99.9 Å². The quantitative estimate of drug-likeness (QED) is 0.106. The fourth-order valence-electron chi connectivity index (χ4n) is 12.3. The zero-order valence-electron chi connectivity index (χ0n) is 55.3. The fourth-order valence-corrected chi connectivity index (χ4v) is 16.0. The third-order valence-corrected chi connectivity index (χ3v) is 22.1. The molecular weight excluding hydrogens is 1250 g/mol. The van der Waals surface area contributed by atoms with E-state index in [9.17, 15) is 0 Å². The third-order valence-electron chi connectivity index (χ3n) is 18.3. The first-order valence-corrected chi connectivity index (χ1v) is 37.0. The second-order valence-corrected chi connectivity index (χ2v) is 29.8. The Morgan fingerprint density at radius 1 is 0.340 bits per heavy atom. The summed E-state index contributed by atoms with van der Waals surface area (Å²) in [7, 11) is -2.46. The van der Waals surface area contributed by atoms with Gasteiger partial charge in [-0.25, -0.2) is 0 Å². The molecule has 0 radical (unpaired) electrons. The Morgan fingerprint density at radius 3 is 0.957 bits per heavy atom. The smallest absolute Gasteiger partial charge is 0.230 e. The van der Waals surface area contributed by atoms with Gasteiger partial charge in [-0.05, 0) is 140 Å². The summed E-state index contributed by atoms with van der Waals surface area (Å²) in [5, 5.41) is 5.86. The van der Waals surface area contributed by atoms with Crippen LogP contribution in [0, 0.1) is 0 Å². The minimum Gasteiger partial charge on any atom is -0.453 e. The van der Waals surface area contributed by atoms with Crippen molar-refractivity contribution in [2.75, 3.05) is 9.99 Å². The summed E-state index contributed by atoms with van der Waals surface area (Å²) in [5.74, 6) is 1.81. The van der Waals surface area contributed by atoms with Gasteiger partial charge in [0.15, 0.2) is 0 Å². The molecule has 0 saturated carbocycles. The second-order valence-electron chi connectivity index (χ2n) is 25.5. The molecule has 0 aromatic heterocycles. The molecule has 3 unspecified atom stereocenters. The van der Waals surface area contributed by atoms with Crippen LogP contribution >= 0.6 is 46.4 Å². The van der Waals surface area contributed by atoms with Gasteiger partial charge in [-0.3, -0.25) is 4.67 Å². The Morgan fingerprint density at radius 2 is 0.606 bits per heavy atom. The molecule has 3 atom stereocenters. The highest BCUT2D eigenvalue weighted by Gasteiger charge is 2.35. The van der Waals surface area contributed by atoms with E-state index in [2.05, 4.69) is 349 Å². The van der Waals surface area contributed by atoms with E-state index in [1.807, 2.05) is 36.4 Å². The number of fused-ring (bicyclic) bond motifs is 6. The number of nitrogens with one attached hydrogen (secondary N) is 1. The van der Waals surface area contributed by atoms with Gasteiger partial charge in [-0.2, -0.15) is 0 Å². The highest BCUT2D eigenvalue weighted by Crippen LogP contribution is 2.56. The number of rotatable bonds is 14. The lowest BCUT2D eigenvalue weighted by Crippen LogP contribution is -2.26. The molecule has 2 N–H and O–H groups in total. The third kappa shape index (κ3) is 14.9. The van der Waals surface area contributed by atoms with Gasteiger partial charge in [-0.15, -0.1) is 0 Å². The van der Waals surface area contributed by atoms with Crippen molar-refractivity contribution < 1.29 is 13.9 Å². The highest BCUT2D eigenvalue weighted by molar-refractivity contribution is 7.86. The lowest BCUT2D eigenvalue weighted by atomic mass is 9.78. The van der Waals surface area contributed by atoms with E-state index >= 15 is 0 Å². The molecule has 2 heterocycles.